The molecule has 1 aromatic heterocycles. The van der Waals surface area contributed by atoms with Gasteiger partial charge in [0.15, 0.2) is 5.78 Å². The normalized spacial score (nSPS) is 19.6. The van der Waals surface area contributed by atoms with Gasteiger partial charge in [0.05, 0.1) is 12.5 Å². The Bertz CT molecular complexity index is 956. The van der Waals surface area contributed by atoms with E-state index in [9.17, 15) is 9.59 Å². The van der Waals surface area contributed by atoms with Crippen LogP contribution in [0, 0.1) is 0 Å². The molecule has 1 aromatic carbocycles. The van der Waals surface area contributed by atoms with E-state index in [4.69, 9.17) is 16.0 Å². The smallest absolute Gasteiger partial charge is 0.254 e. The van der Waals surface area contributed by atoms with Crippen LogP contribution in [0.3, 0.4) is 0 Å². The number of nitrogens with one attached hydrogen (secondary N) is 2. The second-order valence-corrected chi connectivity index (χ2v) is 7.22. The molecule has 0 fully saturated rings. The summed E-state index contributed by atoms with van der Waals surface area (Å²) in [5.74, 6) is -0.599. The molecule has 0 radical (unpaired) electrons. The average Bonchev–Trinajstić information content (AvgIpc) is 3.17. The first-order chi connectivity index (χ1) is 13.0. The van der Waals surface area contributed by atoms with Crippen molar-refractivity contribution >= 4 is 29.0 Å². The highest BCUT2D eigenvalue weighted by Crippen LogP contribution is 2.42. The summed E-state index contributed by atoms with van der Waals surface area (Å²) < 4.78 is 5.25. The first-order valence-corrected chi connectivity index (χ1v) is 9.25. The van der Waals surface area contributed by atoms with Crippen LogP contribution in [0.4, 0.5) is 5.69 Å². The van der Waals surface area contributed by atoms with Crippen molar-refractivity contribution in [2.75, 3.05) is 5.32 Å². The van der Waals surface area contributed by atoms with Gasteiger partial charge in [-0.1, -0.05) is 11.6 Å². The highest BCUT2D eigenvalue weighted by Gasteiger charge is 2.38. The molecule has 2 aliphatic rings. The number of anilines is 1. The van der Waals surface area contributed by atoms with Crippen LogP contribution in [-0.2, 0) is 9.59 Å². The second-order valence-electron chi connectivity index (χ2n) is 6.78. The van der Waals surface area contributed by atoms with Crippen LogP contribution in [0.1, 0.15) is 37.7 Å². The molecule has 27 heavy (non-hydrogen) atoms. The maximum absolute atomic E-state index is 13.1. The highest BCUT2D eigenvalue weighted by atomic mass is 35.5. The van der Waals surface area contributed by atoms with E-state index in [2.05, 4.69) is 10.6 Å². The van der Waals surface area contributed by atoms with E-state index in [-0.39, 0.29) is 11.7 Å². The number of carbonyl (C=O) groups excluding carboxylic acids is 2. The van der Waals surface area contributed by atoms with Crippen LogP contribution in [0.15, 0.2) is 69.8 Å². The lowest BCUT2D eigenvalue weighted by Gasteiger charge is -2.33. The van der Waals surface area contributed by atoms with Crippen molar-refractivity contribution in [3.8, 4) is 0 Å². The van der Waals surface area contributed by atoms with Gasteiger partial charge in [-0.3, -0.25) is 9.59 Å². The number of hydrogen-bond donors (Lipinski definition) is 2. The lowest BCUT2D eigenvalue weighted by atomic mass is 9.75. The van der Waals surface area contributed by atoms with Crippen molar-refractivity contribution in [3.05, 3.63) is 76.0 Å². The number of allylic oxidation sites excluding steroid dienone is 3. The van der Waals surface area contributed by atoms with E-state index >= 15 is 0 Å². The lowest BCUT2D eigenvalue weighted by Crippen LogP contribution is -2.35. The Morgan fingerprint density at radius 3 is 2.70 bits per heavy atom. The first-order valence-electron chi connectivity index (χ1n) is 8.87. The van der Waals surface area contributed by atoms with Crippen molar-refractivity contribution < 1.29 is 14.0 Å². The highest BCUT2D eigenvalue weighted by molar-refractivity contribution is 6.30. The molecule has 1 aliphatic carbocycles. The monoisotopic (exact) mass is 382 g/mol. The molecule has 0 bridgehead atoms. The van der Waals surface area contributed by atoms with Crippen LogP contribution < -0.4 is 10.6 Å². The molecular weight excluding hydrogens is 364 g/mol. The number of halogens is 1. The number of hydrogen-bond acceptors (Lipinski definition) is 4. The Hall–Kier alpha value is -2.79. The molecule has 138 valence electrons. The number of Topliss-reactive ketones (excluding diaryl/α,β-unsaturated/α-hetero) is 1. The maximum atomic E-state index is 13.1. The maximum Gasteiger partial charge on any atom is 0.254 e. The van der Waals surface area contributed by atoms with Crippen molar-refractivity contribution in [1.82, 2.24) is 5.32 Å². The van der Waals surface area contributed by atoms with Crippen molar-refractivity contribution in [2.45, 2.75) is 32.1 Å². The summed E-state index contributed by atoms with van der Waals surface area (Å²) in [6.45, 7) is 1.87. The Kier molecular flexibility index (Phi) is 4.62. The fourth-order valence-corrected chi connectivity index (χ4v) is 3.91. The Balaban J connectivity index is 1.74. The number of dihydropyridines is 1. The van der Waals surface area contributed by atoms with Crippen LogP contribution in [-0.4, -0.2) is 11.7 Å². The van der Waals surface area contributed by atoms with E-state index in [1.807, 2.05) is 13.0 Å². The molecule has 0 saturated carbocycles. The van der Waals surface area contributed by atoms with Crippen LogP contribution in [0.2, 0.25) is 5.02 Å². The predicted molar refractivity (Wildman–Crippen MR) is 103 cm³/mol. The topological polar surface area (TPSA) is 71.3 Å². The minimum absolute atomic E-state index is 0.0826. The minimum Gasteiger partial charge on any atom is -0.472 e. The van der Waals surface area contributed by atoms with Crippen LogP contribution in [0.5, 0.6) is 0 Å². The summed E-state index contributed by atoms with van der Waals surface area (Å²) >= 11 is 5.92. The minimum atomic E-state index is -0.430. The van der Waals surface area contributed by atoms with Gasteiger partial charge >= 0.3 is 0 Å². The SMILES string of the molecule is CC1=C(C(=O)Nc2ccc(Cl)cc2)C(c2ccoc2)C2=C(CCCC2=O)N1. The molecule has 2 aromatic rings. The molecule has 1 atom stereocenters. The molecule has 6 heteroatoms. The summed E-state index contributed by atoms with van der Waals surface area (Å²) in [4.78, 5) is 25.9. The van der Waals surface area contributed by atoms with Crippen LogP contribution >= 0.6 is 11.6 Å². The van der Waals surface area contributed by atoms with E-state index in [1.165, 1.54) is 0 Å². The molecule has 1 unspecified atom stereocenters. The van der Waals surface area contributed by atoms with Gasteiger partial charge in [0.1, 0.15) is 0 Å². The lowest BCUT2D eigenvalue weighted by molar-refractivity contribution is -0.116. The zero-order valence-corrected chi connectivity index (χ0v) is 15.6. The largest absolute Gasteiger partial charge is 0.472 e. The molecule has 2 N–H and O–H groups in total. The number of benzene rings is 1. The standard InChI is InChI=1S/C21H19ClN2O3/c1-12-18(21(26)24-15-7-5-14(22)6-8-15)19(13-9-10-27-11-13)20-16(23-12)3-2-4-17(20)25/h5-11,19,23H,2-4H2,1H3,(H,24,26). The summed E-state index contributed by atoms with van der Waals surface area (Å²) in [6, 6.07) is 8.74. The average molecular weight is 383 g/mol. The number of rotatable bonds is 3. The van der Waals surface area contributed by atoms with Gasteiger partial charge < -0.3 is 15.1 Å². The predicted octanol–water partition coefficient (Wildman–Crippen LogP) is 4.54. The van der Waals surface area contributed by atoms with E-state index in [1.54, 1.807) is 36.8 Å². The van der Waals surface area contributed by atoms with Gasteiger partial charge in [0, 0.05) is 51.2 Å². The van der Waals surface area contributed by atoms with Crippen LogP contribution in [0.25, 0.3) is 0 Å². The fraction of sp³-hybridized carbons (Fsp3) is 0.238. The Morgan fingerprint density at radius 2 is 2.00 bits per heavy atom. The number of ketones is 1. The third kappa shape index (κ3) is 3.30. The zero-order chi connectivity index (χ0) is 19.0. The second kappa shape index (κ2) is 7.08. The van der Waals surface area contributed by atoms with E-state index in [0.29, 0.717) is 28.3 Å². The number of amides is 1. The Morgan fingerprint density at radius 1 is 1.22 bits per heavy atom. The molecule has 1 amide bonds. The van der Waals surface area contributed by atoms with Gasteiger partial charge in [-0.25, -0.2) is 0 Å². The molecule has 2 heterocycles. The van der Waals surface area contributed by atoms with Gasteiger partial charge in [0.2, 0.25) is 0 Å². The first kappa shape index (κ1) is 17.6. The molecule has 5 nitrogen and oxygen atoms in total. The molecule has 4 rings (SSSR count). The number of furan rings is 1. The van der Waals surface area contributed by atoms with Gasteiger partial charge in [0.25, 0.3) is 5.91 Å². The quantitative estimate of drug-likeness (QED) is 0.817. The third-order valence-corrected chi connectivity index (χ3v) is 5.25. The summed E-state index contributed by atoms with van der Waals surface area (Å²) in [5.41, 5.74) is 4.32. The van der Waals surface area contributed by atoms with Gasteiger partial charge in [-0.2, -0.15) is 0 Å². The summed E-state index contributed by atoms with van der Waals surface area (Å²) in [6.07, 6.45) is 5.29. The van der Waals surface area contributed by atoms with Crippen molar-refractivity contribution in [3.63, 3.8) is 0 Å². The molecular formula is C21H19ClN2O3. The zero-order valence-electron chi connectivity index (χ0n) is 14.8. The van der Waals surface area contributed by atoms with E-state index < -0.39 is 5.92 Å². The van der Waals surface area contributed by atoms with E-state index in [0.717, 1.165) is 29.8 Å². The molecule has 0 saturated heterocycles. The van der Waals surface area contributed by atoms with Gasteiger partial charge in [-0.15, -0.1) is 0 Å². The number of carbonyl (C=O) groups is 2. The Labute approximate surface area is 162 Å². The van der Waals surface area contributed by atoms with Gasteiger partial charge in [-0.05, 0) is 50.1 Å². The third-order valence-electron chi connectivity index (χ3n) is 5.00. The molecule has 1 aliphatic heterocycles. The van der Waals surface area contributed by atoms with Crippen molar-refractivity contribution in [1.29, 1.82) is 0 Å². The summed E-state index contributed by atoms with van der Waals surface area (Å²) in [7, 11) is 0. The van der Waals surface area contributed by atoms with Crippen molar-refractivity contribution in [2.24, 2.45) is 0 Å². The molecule has 0 spiro atoms. The summed E-state index contributed by atoms with van der Waals surface area (Å²) in [5, 5.41) is 6.80. The fourth-order valence-electron chi connectivity index (χ4n) is 3.79.